The van der Waals surface area contributed by atoms with Gasteiger partial charge >= 0.3 is 12.4 Å². The predicted octanol–water partition coefficient (Wildman–Crippen LogP) is 5.02. The number of alkyl halides is 6. The lowest BCUT2D eigenvalue weighted by molar-refractivity contribution is -0.376. The van der Waals surface area contributed by atoms with Gasteiger partial charge in [0.25, 0.3) is 11.2 Å². The Hall–Kier alpha value is -4.14. The van der Waals surface area contributed by atoms with Crippen molar-refractivity contribution < 1.29 is 36.6 Å². The highest BCUT2D eigenvalue weighted by Gasteiger charge is 2.71. The lowest BCUT2D eigenvalue weighted by Crippen LogP contribution is -2.53. The van der Waals surface area contributed by atoms with Crippen LogP contribution in [0.25, 0.3) is 16.6 Å². The topological polar surface area (TPSA) is 75.3 Å². The second-order valence-corrected chi connectivity index (χ2v) is 8.59. The largest absolute Gasteiger partial charge is 0.430 e. The number of nitrogens with zero attached hydrogens (tertiary/aromatic N) is 2. The van der Waals surface area contributed by atoms with Gasteiger partial charge in [0, 0.05) is 24.0 Å². The zero-order valence-corrected chi connectivity index (χ0v) is 20.0. The Morgan fingerprint density at radius 2 is 1.51 bits per heavy atom. The molecule has 0 aliphatic heterocycles. The van der Waals surface area contributed by atoms with Gasteiger partial charge in [0.05, 0.1) is 23.2 Å². The Bertz CT molecular complexity index is 1590. The molecule has 0 amide bonds. The molecular weight excluding hydrogens is 526 g/mol. The highest BCUT2D eigenvalue weighted by Crippen LogP contribution is 2.50. The molecule has 5 nitrogen and oxygen atoms in total. The first kappa shape index (κ1) is 27.9. The maximum Gasteiger partial charge on any atom is 0.430 e. The molecule has 0 saturated carbocycles. The Kier molecular flexibility index (Phi) is 7.54. The van der Waals surface area contributed by atoms with Crippen LogP contribution in [0.4, 0.5) is 26.3 Å². The van der Waals surface area contributed by atoms with Crippen molar-refractivity contribution >= 4 is 10.9 Å². The van der Waals surface area contributed by atoms with Crippen LogP contribution in [0.15, 0.2) is 77.6 Å². The smallest absolute Gasteiger partial charge is 0.395 e. The van der Waals surface area contributed by atoms with Crippen molar-refractivity contribution in [2.24, 2.45) is 0 Å². The van der Waals surface area contributed by atoms with E-state index >= 15 is 0 Å². The Morgan fingerprint density at radius 3 is 2.10 bits per heavy atom. The van der Waals surface area contributed by atoms with Gasteiger partial charge in [-0.05, 0) is 35.9 Å². The molecular formula is C28H20F6N2O3. The third-order valence-corrected chi connectivity index (χ3v) is 5.98. The van der Waals surface area contributed by atoms with Crippen molar-refractivity contribution in [1.82, 2.24) is 9.55 Å². The van der Waals surface area contributed by atoms with E-state index < -0.39 is 29.1 Å². The van der Waals surface area contributed by atoms with E-state index in [1.807, 2.05) is 0 Å². The number of rotatable bonds is 5. The van der Waals surface area contributed by atoms with E-state index in [4.69, 9.17) is 5.11 Å². The molecule has 0 unspecified atom stereocenters. The maximum atomic E-state index is 13.6. The number of aliphatic hydroxyl groups is 2. The molecule has 4 rings (SSSR count). The van der Waals surface area contributed by atoms with Crippen LogP contribution in [-0.2, 0) is 12.0 Å². The highest BCUT2D eigenvalue weighted by molar-refractivity contribution is 5.80. The van der Waals surface area contributed by atoms with Gasteiger partial charge in [-0.3, -0.25) is 9.36 Å². The molecule has 0 saturated heterocycles. The summed E-state index contributed by atoms with van der Waals surface area (Å²) >= 11 is 0. The number of benzene rings is 3. The minimum atomic E-state index is -6.04. The van der Waals surface area contributed by atoms with E-state index in [9.17, 15) is 36.2 Å². The first-order chi connectivity index (χ1) is 18.4. The summed E-state index contributed by atoms with van der Waals surface area (Å²) in [6.45, 7) is -0.147. The summed E-state index contributed by atoms with van der Waals surface area (Å²) < 4.78 is 81.2. The molecule has 0 radical (unpaired) electrons. The number of fused-ring (bicyclic) bond motifs is 1. The Balaban J connectivity index is 1.91. The van der Waals surface area contributed by atoms with E-state index in [0.29, 0.717) is 23.2 Å². The molecule has 1 aromatic heterocycles. The van der Waals surface area contributed by atoms with Crippen molar-refractivity contribution in [1.29, 1.82) is 0 Å². The molecule has 202 valence electrons. The van der Waals surface area contributed by atoms with Gasteiger partial charge in [0.2, 0.25) is 0 Å². The summed E-state index contributed by atoms with van der Waals surface area (Å²) in [6, 6.07) is 16.3. The molecule has 1 heterocycles. The Labute approximate surface area is 218 Å². The van der Waals surface area contributed by atoms with E-state index in [1.165, 1.54) is 6.07 Å². The van der Waals surface area contributed by atoms with Gasteiger partial charge in [-0.2, -0.15) is 26.3 Å². The standard InChI is InChI=1S/C28H20F6N2O3/c29-27(30,31)26(39,28(32,33)34)20-10-12-21(13-11-20)36-24(17-18-6-2-1-3-7-18)35-23-14-9-19(8-4-5-15-37)16-22(23)25(36)38/h1-3,6-7,9-14,16,37,39H,5,15,17H2. The van der Waals surface area contributed by atoms with Crippen LogP contribution < -0.4 is 5.56 Å². The number of halogens is 6. The lowest BCUT2D eigenvalue weighted by atomic mass is 9.92. The fraction of sp³-hybridized carbons (Fsp3) is 0.214. The van der Waals surface area contributed by atoms with Gasteiger partial charge < -0.3 is 10.2 Å². The molecule has 0 aliphatic rings. The first-order valence-corrected chi connectivity index (χ1v) is 11.5. The summed E-state index contributed by atoms with van der Waals surface area (Å²) in [6.07, 6.45) is -11.7. The molecule has 11 heteroatoms. The SMILES string of the molecule is O=c1c2cc(C#CCCO)ccc2nc(Cc2ccccc2)n1-c1ccc(C(O)(C(F)(F)F)C(F)(F)F)cc1. The monoisotopic (exact) mass is 546 g/mol. The van der Waals surface area contributed by atoms with Crippen molar-refractivity contribution in [3.63, 3.8) is 0 Å². The maximum absolute atomic E-state index is 13.6. The van der Waals surface area contributed by atoms with Gasteiger partial charge in [-0.1, -0.05) is 54.3 Å². The highest BCUT2D eigenvalue weighted by atomic mass is 19.4. The molecule has 0 atom stereocenters. The molecule has 0 spiro atoms. The molecule has 0 aliphatic carbocycles. The van der Waals surface area contributed by atoms with Gasteiger partial charge in [-0.15, -0.1) is 0 Å². The quantitative estimate of drug-likeness (QED) is 0.272. The fourth-order valence-electron chi connectivity index (χ4n) is 4.03. The summed E-state index contributed by atoms with van der Waals surface area (Å²) in [4.78, 5) is 18.2. The van der Waals surface area contributed by atoms with Gasteiger partial charge in [-0.25, -0.2) is 4.98 Å². The van der Waals surface area contributed by atoms with Crippen molar-refractivity contribution in [2.75, 3.05) is 6.61 Å². The zero-order valence-electron chi connectivity index (χ0n) is 20.0. The molecule has 4 aromatic rings. The van der Waals surface area contributed by atoms with Crippen LogP contribution in [0, 0.1) is 11.8 Å². The number of hydrogen-bond acceptors (Lipinski definition) is 4. The molecule has 39 heavy (non-hydrogen) atoms. The van der Waals surface area contributed by atoms with Crippen LogP contribution >= 0.6 is 0 Å². The second-order valence-electron chi connectivity index (χ2n) is 8.59. The van der Waals surface area contributed by atoms with Gasteiger partial charge in [0.1, 0.15) is 5.82 Å². The minimum absolute atomic E-state index is 0.0486. The van der Waals surface area contributed by atoms with E-state index in [2.05, 4.69) is 16.8 Å². The average Bonchev–Trinajstić information content (AvgIpc) is 2.88. The molecule has 0 fully saturated rings. The van der Waals surface area contributed by atoms with Crippen LogP contribution in [0.3, 0.4) is 0 Å². The van der Waals surface area contributed by atoms with Gasteiger partial charge in [0.15, 0.2) is 0 Å². The van der Waals surface area contributed by atoms with E-state index in [0.717, 1.165) is 22.3 Å². The number of aromatic nitrogens is 2. The molecule has 3 aromatic carbocycles. The lowest BCUT2D eigenvalue weighted by Gasteiger charge is -2.32. The van der Waals surface area contributed by atoms with E-state index in [1.54, 1.807) is 42.5 Å². The van der Waals surface area contributed by atoms with Crippen LogP contribution in [0.5, 0.6) is 0 Å². The normalized spacial score (nSPS) is 12.3. The van der Waals surface area contributed by atoms with Crippen LogP contribution in [-0.4, -0.2) is 38.7 Å². The molecule has 0 bridgehead atoms. The Morgan fingerprint density at radius 1 is 0.872 bits per heavy atom. The second kappa shape index (κ2) is 10.6. The van der Waals surface area contributed by atoms with Crippen molar-refractivity contribution in [3.8, 4) is 17.5 Å². The van der Waals surface area contributed by atoms with Crippen molar-refractivity contribution in [3.05, 3.63) is 106 Å². The first-order valence-electron chi connectivity index (χ1n) is 11.5. The summed E-state index contributed by atoms with van der Waals surface area (Å²) in [5.74, 6) is 5.73. The zero-order chi connectivity index (χ0) is 28.4. The predicted molar refractivity (Wildman–Crippen MR) is 131 cm³/mol. The minimum Gasteiger partial charge on any atom is -0.395 e. The van der Waals surface area contributed by atoms with E-state index in [-0.39, 0.29) is 36.3 Å². The van der Waals surface area contributed by atoms with Crippen LogP contribution in [0.2, 0.25) is 0 Å². The fourth-order valence-corrected chi connectivity index (χ4v) is 4.03. The number of aliphatic hydroxyl groups excluding tert-OH is 1. The summed E-state index contributed by atoms with van der Waals surface area (Å²) in [5, 5.41) is 18.8. The summed E-state index contributed by atoms with van der Waals surface area (Å²) in [5.41, 5.74) is -5.69. The average molecular weight is 546 g/mol. The van der Waals surface area contributed by atoms with Crippen LogP contribution in [0.1, 0.15) is 28.9 Å². The summed E-state index contributed by atoms with van der Waals surface area (Å²) in [7, 11) is 0. The molecule has 2 N–H and O–H groups in total. The third kappa shape index (κ3) is 5.39. The number of hydrogen-bond donors (Lipinski definition) is 2. The third-order valence-electron chi connectivity index (χ3n) is 5.98. The van der Waals surface area contributed by atoms with Crippen molar-refractivity contribution in [2.45, 2.75) is 30.8 Å².